The smallest absolute Gasteiger partial charge is 0.323 e. The molecule has 0 aromatic heterocycles. The van der Waals surface area contributed by atoms with Crippen LogP contribution in [-0.4, -0.2) is 62.9 Å². The van der Waals surface area contributed by atoms with Crippen molar-refractivity contribution in [3.63, 3.8) is 0 Å². The van der Waals surface area contributed by atoms with Gasteiger partial charge in [-0.15, -0.1) is 0 Å². The lowest BCUT2D eigenvalue weighted by Gasteiger charge is -2.15. The second-order valence-corrected chi connectivity index (χ2v) is 9.83. The number of carboxylic acid groups (broad SMARTS) is 1. The molecular formula is C25H29N5O6S. The van der Waals surface area contributed by atoms with E-state index in [4.69, 9.17) is 0 Å². The summed E-state index contributed by atoms with van der Waals surface area (Å²) >= 11 is 0. The molecular weight excluding hydrogens is 498 g/mol. The van der Waals surface area contributed by atoms with Crippen molar-refractivity contribution >= 4 is 39.8 Å². The van der Waals surface area contributed by atoms with Gasteiger partial charge in [0, 0.05) is 37.0 Å². The number of nitrogens with zero attached hydrogens (tertiary/aromatic N) is 1. The summed E-state index contributed by atoms with van der Waals surface area (Å²) in [5, 5.41) is 18.5. The van der Waals surface area contributed by atoms with E-state index in [0.29, 0.717) is 24.5 Å². The second kappa shape index (κ2) is 13.3. The van der Waals surface area contributed by atoms with Gasteiger partial charge in [0.1, 0.15) is 6.04 Å². The molecule has 37 heavy (non-hydrogen) atoms. The summed E-state index contributed by atoms with van der Waals surface area (Å²) in [5.41, 5.74) is 1.74. The van der Waals surface area contributed by atoms with Gasteiger partial charge in [-0.1, -0.05) is 42.5 Å². The minimum absolute atomic E-state index is 0.171. The van der Waals surface area contributed by atoms with Crippen LogP contribution in [0, 0.1) is 0 Å². The number of carbonyl (C=O) groups excluding carboxylic acids is 2. The molecule has 0 spiro atoms. The van der Waals surface area contributed by atoms with E-state index >= 15 is 0 Å². The molecule has 0 unspecified atom stereocenters. The molecule has 0 radical (unpaired) electrons. The summed E-state index contributed by atoms with van der Waals surface area (Å²) in [6.45, 7) is 0.996. The minimum Gasteiger partial charge on any atom is -0.480 e. The average molecular weight is 528 g/mol. The molecule has 0 fully saturated rings. The van der Waals surface area contributed by atoms with Crippen LogP contribution in [-0.2, 0) is 26.0 Å². The van der Waals surface area contributed by atoms with Crippen LogP contribution in [0.5, 0.6) is 0 Å². The number of guanidine groups is 1. The van der Waals surface area contributed by atoms with Gasteiger partial charge in [0.2, 0.25) is 15.9 Å². The first kappa shape index (κ1) is 27.6. The zero-order valence-electron chi connectivity index (χ0n) is 20.0. The molecule has 0 bridgehead atoms. The van der Waals surface area contributed by atoms with Crippen LogP contribution in [0.3, 0.4) is 0 Å². The van der Waals surface area contributed by atoms with E-state index in [1.54, 1.807) is 54.6 Å². The lowest BCUT2D eigenvalue weighted by molar-refractivity contribution is -0.138. The summed E-state index contributed by atoms with van der Waals surface area (Å²) in [6, 6.07) is 13.6. The number of carboxylic acids is 1. The molecule has 196 valence electrons. The third-order valence-corrected chi connectivity index (χ3v) is 6.43. The van der Waals surface area contributed by atoms with E-state index in [0.717, 1.165) is 23.9 Å². The van der Waals surface area contributed by atoms with Crippen LogP contribution in [0.15, 0.2) is 65.0 Å². The molecule has 5 N–H and O–H groups in total. The molecule has 1 heterocycles. The van der Waals surface area contributed by atoms with Gasteiger partial charge in [-0.3, -0.25) is 24.7 Å². The fraction of sp³-hybridized carbons (Fsp3) is 0.280. The van der Waals surface area contributed by atoms with Crippen molar-refractivity contribution in [2.75, 3.05) is 19.6 Å². The first-order chi connectivity index (χ1) is 17.7. The van der Waals surface area contributed by atoms with Crippen molar-refractivity contribution in [2.24, 2.45) is 4.99 Å². The molecule has 0 aliphatic carbocycles. The zero-order valence-corrected chi connectivity index (χ0v) is 20.8. The maximum atomic E-state index is 12.5. The van der Waals surface area contributed by atoms with Crippen molar-refractivity contribution in [3.8, 4) is 0 Å². The van der Waals surface area contributed by atoms with Crippen LogP contribution < -0.4 is 20.7 Å². The second-order valence-electron chi connectivity index (χ2n) is 8.23. The number of carbonyl (C=O) groups is 3. The Kier molecular flexibility index (Phi) is 9.92. The number of benzene rings is 2. The molecule has 12 heteroatoms. The molecule has 0 saturated heterocycles. The van der Waals surface area contributed by atoms with Gasteiger partial charge >= 0.3 is 5.97 Å². The van der Waals surface area contributed by atoms with Crippen LogP contribution in [0.25, 0.3) is 6.08 Å². The normalized spacial score (nSPS) is 14.3. The minimum atomic E-state index is -4.07. The zero-order chi connectivity index (χ0) is 26.7. The molecule has 2 amide bonds. The topological polar surface area (TPSA) is 166 Å². The van der Waals surface area contributed by atoms with E-state index in [9.17, 15) is 27.9 Å². The summed E-state index contributed by atoms with van der Waals surface area (Å²) in [4.78, 5) is 40.3. The average Bonchev–Trinajstić information content (AvgIpc) is 2.90. The van der Waals surface area contributed by atoms with Gasteiger partial charge in [0.25, 0.3) is 5.91 Å². The summed E-state index contributed by atoms with van der Waals surface area (Å²) in [6.07, 6.45) is 2.97. The number of aliphatic carboxylic acids is 1. The standard InChI is InChI=1S/C25H29N5O6S/c31-22(29-25-26-14-4-15-27-25)12-9-19-7-10-20(11-8-19)23(32)28-17-21(24(33)34)30-37(35,36)16-13-18-5-2-1-3-6-18/h1-3,5-8,10-11,13,16,21,30H,4,9,12,14-15,17H2,(H,28,32)(H,33,34)(H2,26,27,29,31)/b16-13+/t21-/m0/s1. The van der Waals surface area contributed by atoms with Crippen LogP contribution in [0.1, 0.15) is 34.3 Å². The van der Waals surface area contributed by atoms with Gasteiger partial charge in [0.15, 0.2) is 5.96 Å². The van der Waals surface area contributed by atoms with E-state index in [2.05, 4.69) is 25.7 Å². The third-order valence-electron chi connectivity index (χ3n) is 5.32. The maximum Gasteiger partial charge on any atom is 0.323 e. The molecule has 0 saturated carbocycles. The molecule has 11 nitrogen and oxygen atoms in total. The van der Waals surface area contributed by atoms with E-state index in [1.807, 2.05) is 0 Å². The number of amides is 2. The van der Waals surface area contributed by atoms with Gasteiger partial charge in [-0.2, -0.15) is 4.72 Å². The highest BCUT2D eigenvalue weighted by Gasteiger charge is 2.23. The Morgan fingerprint density at radius 1 is 1.08 bits per heavy atom. The van der Waals surface area contributed by atoms with Crippen LogP contribution in [0.2, 0.25) is 0 Å². The highest BCUT2D eigenvalue weighted by atomic mass is 32.2. The molecule has 1 aliphatic heterocycles. The Balaban J connectivity index is 1.48. The van der Waals surface area contributed by atoms with Gasteiger partial charge < -0.3 is 15.7 Å². The Hall–Kier alpha value is -4.03. The van der Waals surface area contributed by atoms with Crippen molar-refractivity contribution in [1.29, 1.82) is 0 Å². The summed E-state index contributed by atoms with van der Waals surface area (Å²) in [5.74, 6) is -1.68. The van der Waals surface area contributed by atoms with E-state index in [-0.39, 0.29) is 17.9 Å². The van der Waals surface area contributed by atoms with Crippen molar-refractivity contribution < 1.29 is 27.9 Å². The van der Waals surface area contributed by atoms with Gasteiger partial charge in [0.05, 0.1) is 0 Å². The van der Waals surface area contributed by atoms with Gasteiger partial charge in [-0.05, 0) is 42.2 Å². The summed E-state index contributed by atoms with van der Waals surface area (Å²) < 4.78 is 26.6. The number of sulfonamides is 1. The number of nitrogens with one attached hydrogen (secondary N) is 4. The predicted octanol–water partition coefficient (Wildman–Crippen LogP) is 0.858. The van der Waals surface area contributed by atoms with Crippen molar-refractivity contribution in [1.82, 2.24) is 20.7 Å². The Morgan fingerprint density at radius 2 is 1.81 bits per heavy atom. The molecule has 1 aliphatic rings. The molecule has 2 aromatic rings. The van der Waals surface area contributed by atoms with E-state index in [1.165, 1.54) is 6.08 Å². The third kappa shape index (κ3) is 9.50. The largest absolute Gasteiger partial charge is 0.480 e. The van der Waals surface area contributed by atoms with Crippen LogP contribution in [0.4, 0.5) is 0 Å². The fourth-order valence-corrected chi connectivity index (χ4v) is 4.33. The highest BCUT2D eigenvalue weighted by molar-refractivity contribution is 7.92. The van der Waals surface area contributed by atoms with Gasteiger partial charge in [-0.25, -0.2) is 8.42 Å². The van der Waals surface area contributed by atoms with E-state index < -0.39 is 34.5 Å². The Labute approximate surface area is 215 Å². The number of aliphatic imine (C=N–C) groups is 1. The fourth-order valence-electron chi connectivity index (χ4n) is 3.34. The van der Waals surface area contributed by atoms with Crippen LogP contribution >= 0.6 is 0 Å². The monoisotopic (exact) mass is 527 g/mol. The summed E-state index contributed by atoms with van der Waals surface area (Å²) in [7, 11) is -4.07. The highest BCUT2D eigenvalue weighted by Crippen LogP contribution is 2.08. The SMILES string of the molecule is O=C(CCc1ccc(C(=O)NC[C@H](NS(=O)(=O)/C=C/c2ccccc2)C(=O)O)cc1)NC1=NCCCN1. The number of rotatable bonds is 11. The lowest BCUT2D eigenvalue weighted by Crippen LogP contribution is -2.47. The van der Waals surface area contributed by atoms with Crippen molar-refractivity contribution in [3.05, 3.63) is 76.7 Å². The Morgan fingerprint density at radius 3 is 2.46 bits per heavy atom. The number of aryl methyl sites for hydroxylation is 1. The number of hydrogen-bond donors (Lipinski definition) is 5. The maximum absolute atomic E-state index is 12.5. The number of hydrogen-bond acceptors (Lipinski definition) is 7. The molecule has 2 aromatic carbocycles. The first-order valence-corrected chi connectivity index (χ1v) is 13.2. The lowest BCUT2D eigenvalue weighted by atomic mass is 10.1. The quantitative estimate of drug-likeness (QED) is 0.289. The molecule has 3 rings (SSSR count). The predicted molar refractivity (Wildman–Crippen MR) is 139 cm³/mol. The molecule has 1 atom stereocenters. The Bertz CT molecular complexity index is 1260. The van der Waals surface area contributed by atoms with Crippen molar-refractivity contribution in [2.45, 2.75) is 25.3 Å². The first-order valence-electron chi connectivity index (χ1n) is 11.7.